The number of benzene rings is 2. The summed E-state index contributed by atoms with van der Waals surface area (Å²) in [6.45, 7) is 1.89. The summed E-state index contributed by atoms with van der Waals surface area (Å²) in [5.74, 6) is -3.02. The Kier molecular flexibility index (Phi) is 6.13. The van der Waals surface area contributed by atoms with Gasteiger partial charge < -0.3 is 5.11 Å². The molecule has 1 aliphatic rings. The second-order valence-corrected chi connectivity index (χ2v) is 7.53. The molecule has 0 bridgehead atoms. The van der Waals surface area contributed by atoms with E-state index >= 15 is 0 Å². The van der Waals surface area contributed by atoms with Crippen molar-refractivity contribution >= 4 is 29.7 Å². The first-order valence-corrected chi connectivity index (χ1v) is 9.44. The van der Waals surface area contributed by atoms with Crippen molar-refractivity contribution in [3.63, 3.8) is 0 Å². The van der Waals surface area contributed by atoms with Crippen LogP contribution in [0.25, 0.3) is 0 Å². The summed E-state index contributed by atoms with van der Waals surface area (Å²) in [6, 6.07) is 12.4. The molecule has 0 aliphatic heterocycles. The van der Waals surface area contributed by atoms with E-state index in [1.807, 2.05) is 6.92 Å². The number of hydrazone groups is 1. The molecule has 2 unspecified atom stereocenters. The van der Waals surface area contributed by atoms with Gasteiger partial charge in [-0.25, -0.2) is 9.82 Å². The highest BCUT2D eigenvalue weighted by Gasteiger charge is 2.53. The van der Waals surface area contributed by atoms with Gasteiger partial charge in [0.25, 0.3) is 5.91 Å². The van der Waals surface area contributed by atoms with Crippen LogP contribution in [0.5, 0.6) is 0 Å². The van der Waals surface area contributed by atoms with Crippen LogP contribution in [-0.2, 0) is 9.59 Å². The molecule has 2 atom stereocenters. The molecule has 1 aliphatic carbocycles. The molecular formula is C22H20ClFN2O3. The van der Waals surface area contributed by atoms with Gasteiger partial charge in [-0.1, -0.05) is 47.5 Å². The number of halogens is 2. The van der Waals surface area contributed by atoms with E-state index in [0.29, 0.717) is 22.6 Å². The molecule has 0 radical (unpaired) electrons. The normalized spacial score (nSPS) is 21.6. The largest absolute Gasteiger partial charge is 0.480 e. The smallest absolute Gasteiger partial charge is 0.320 e. The molecule has 0 aromatic heterocycles. The van der Waals surface area contributed by atoms with E-state index < -0.39 is 29.0 Å². The van der Waals surface area contributed by atoms with E-state index in [0.717, 1.165) is 5.57 Å². The number of carbonyl (C=O) groups excluding carboxylic acids is 1. The highest BCUT2D eigenvalue weighted by molar-refractivity contribution is 6.30. The van der Waals surface area contributed by atoms with Crippen molar-refractivity contribution in [1.82, 2.24) is 5.43 Å². The van der Waals surface area contributed by atoms with Crippen LogP contribution in [0.15, 0.2) is 65.3 Å². The summed E-state index contributed by atoms with van der Waals surface area (Å²) < 4.78 is 13.4. The SMILES string of the molecule is CC1=CCC(C(=O)O)(C(=O)N/N=C/c2ccc(Cl)cc2)C(c2ccc(F)cc2)C1. The van der Waals surface area contributed by atoms with Gasteiger partial charge in [-0.2, -0.15) is 5.10 Å². The first kappa shape index (κ1) is 20.7. The fraction of sp³-hybridized carbons (Fsp3) is 0.227. The van der Waals surface area contributed by atoms with Gasteiger partial charge in [0.2, 0.25) is 0 Å². The Morgan fingerprint density at radius 3 is 2.48 bits per heavy atom. The number of allylic oxidation sites excluding steroid dienone is 2. The van der Waals surface area contributed by atoms with E-state index in [9.17, 15) is 19.1 Å². The van der Waals surface area contributed by atoms with Gasteiger partial charge in [0.05, 0.1) is 6.21 Å². The molecule has 7 heteroatoms. The first-order chi connectivity index (χ1) is 13.8. The Balaban J connectivity index is 1.91. The van der Waals surface area contributed by atoms with Gasteiger partial charge in [0.1, 0.15) is 5.82 Å². The molecule has 0 heterocycles. The van der Waals surface area contributed by atoms with E-state index in [1.165, 1.54) is 30.5 Å². The number of nitrogens with zero attached hydrogens (tertiary/aromatic N) is 1. The number of carbonyl (C=O) groups is 2. The minimum Gasteiger partial charge on any atom is -0.480 e. The Morgan fingerprint density at radius 2 is 1.86 bits per heavy atom. The molecule has 5 nitrogen and oxygen atoms in total. The fourth-order valence-electron chi connectivity index (χ4n) is 3.55. The molecule has 2 N–H and O–H groups in total. The number of amides is 1. The van der Waals surface area contributed by atoms with E-state index in [1.54, 1.807) is 30.3 Å². The average Bonchev–Trinajstić information content (AvgIpc) is 2.70. The standard InChI is InChI=1S/C22H20ClFN2O3/c1-14-10-11-22(21(28)29,19(12-14)16-4-8-18(24)9-5-16)20(27)26-25-13-15-2-6-17(23)7-3-15/h2-10,13,19H,11-12H2,1H3,(H,26,27)(H,28,29)/b25-13+. The molecule has 150 valence electrons. The molecule has 3 rings (SSSR count). The Morgan fingerprint density at radius 1 is 1.21 bits per heavy atom. The van der Waals surface area contributed by atoms with Crippen molar-refractivity contribution in [3.05, 3.63) is 82.1 Å². The predicted molar refractivity (Wildman–Crippen MR) is 109 cm³/mol. The van der Waals surface area contributed by atoms with Crippen LogP contribution in [0, 0.1) is 11.2 Å². The quantitative estimate of drug-likeness (QED) is 0.326. The number of carboxylic acid groups (broad SMARTS) is 1. The van der Waals surface area contributed by atoms with E-state index in [-0.39, 0.29) is 6.42 Å². The molecule has 0 fully saturated rings. The van der Waals surface area contributed by atoms with Crippen molar-refractivity contribution in [2.24, 2.45) is 10.5 Å². The van der Waals surface area contributed by atoms with Crippen LogP contribution in [0.4, 0.5) is 4.39 Å². The van der Waals surface area contributed by atoms with E-state index in [4.69, 9.17) is 11.6 Å². The number of nitrogens with one attached hydrogen (secondary N) is 1. The first-order valence-electron chi connectivity index (χ1n) is 9.06. The highest BCUT2D eigenvalue weighted by atomic mass is 35.5. The zero-order valence-electron chi connectivity index (χ0n) is 15.7. The number of carboxylic acids is 1. The molecular weight excluding hydrogens is 395 g/mol. The molecule has 0 saturated heterocycles. The minimum atomic E-state index is -1.74. The van der Waals surface area contributed by atoms with Crippen LogP contribution in [0.2, 0.25) is 5.02 Å². The molecule has 2 aromatic rings. The number of hydrogen-bond acceptors (Lipinski definition) is 3. The zero-order valence-corrected chi connectivity index (χ0v) is 16.5. The number of hydrogen-bond donors (Lipinski definition) is 2. The summed E-state index contributed by atoms with van der Waals surface area (Å²) in [5.41, 5.74) is 2.91. The second-order valence-electron chi connectivity index (χ2n) is 7.09. The summed E-state index contributed by atoms with van der Waals surface area (Å²) >= 11 is 5.84. The summed E-state index contributed by atoms with van der Waals surface area (Å²) in [6.07, 6.45) is 3.59. The van der Waals surface area contributed by atoms with Gasteiger partial charge >= 0.3 is 5.97 Å². The van der Waals surface area contributed by atoms with Gasteiger partial charge in [0.15, 0.2) is 5.41 Å². The molecule has 2 aromatic carbocycles. The van der Waals surface area contributed by atoms with Gasteiger partial charge in [-0.3, -0.25) is 9.59 Å². The Labute approximate surface area is 172 Å². The van der Waals surface area contributed by atoms with Crippen molar-refractivity contribution in [3.8, 4) is 0 Å². The number of rotatable bonds is 5. The zero-order chi connectivity index (χ0) is 21.0. The maximum atomic E-state index is 13.4. The van der Waals surface area contributed by atoms with Gasteiger partial charge in [-0.15, -0.1) is 0 Å². The third kappa shape index (κ3) is 4.38. The topological polar surface area (TPSA) is 78.8 Å². The van der Waals surface area contributed by atoms with Crippen LogP contribution in [0.1, 0.15) is 36.8 Å². The molecule has 1 amide bonds. The third-order valence-corrected chi connectivity index (χ3v) is 5.45. The lowest BCUT2D eigenvalue weighted by Gasteiger charge is -2.38. The van der Waals surface area contributed by atoms with Crippen LogP contribution >= 0.6 is 11.6 Å². The lowest BCUT2D eigenvalue weighted by Crippen LogP contribution is -2.50. The lowest BCUT2D eigenvalue weighted by molar-refractivity contribution is -0.158. The maximum Gasteiger partial charge on any atom is 0.320 e. The second kappa shape index (κ2) is 8.57. The summed E-state index contributed by atoms with van der Waals surface area (Å²) in [4.78, 5) is 25.3. The summed E-state index contributed by atoms with van der Waals surface area (Å²) in [5, 5.41) is 14.5. The van der Waals surface area contributed by atoms with Gasteiger partial charge in [-0.05, 0) is 55.2 Å². The van der Waals surface area contributed by atoms with Crippen LogP contribution in [0.3, 0.4) is 0 Å². The number of aliphatic carboxylic acids is 1. The molecule has 0 spiro atoms. The Hall–Kier alpha value is -2.99. The van der Waals surface area contributed by atoms with Crippen LogP contribution in [-0.4, -0.2) is 23.2 Å². The highest BCUT2D eigenvalue weighted by Crippen LogP contribution is 2.47. The fourth-order valence-corrected chi connectivity index (χ4v) is 3.68. The molecule has 29 heavy (non-hydrogen) atoms. The van der Waals surface area contributed by atoms with Crippen molar-refractivity contribution < 1.29 is 19.1 Å². The monoisotopic (exact) mass is 414 g/mol. The Bertz CT molecular complexity index is 971. The van der Waals surface area contributed by atoms with Gasteiger partial charge in [0, 0.05) is 10.9 Å². The average molecular weight is 415 g/mol. The predicted octanol–water partition coefficient (Wildman–Crippen LogP) is 4.52. The lowest BCUT2D eigenvalue weighted by atomic mass is 9.64. The maximum absolute atomic E-state index is 13.4. The minimum absolute atomic E-state index is 0.0263. The molecule has 0 saturated carbocycles. The van der Waals surface area contributed by atoms with Crippen LogP contribution < -0.4 is 5.43 Å². The van der Waals surface area contributed by atoms with E-state index in [2.05, 4.69) is 10.5 Å². The third-order valence-electron chi connectivity index (χ3n) is 5.20. The van der Waals surface area contributed by atoms with Crippen molar-refractivity contribution in [2.45, 2.75) is 25.7 Å². The van der Waals surface area contributed by atoms with Crippen molar-refractivity contribution in [1.29, 1.82) is 0 Å². The summed E-state index contributed by atoms with van der Waals surface area (Å²) in [7, 11) is 0. The van der Waals surface area contributed by atoms with Crippen molar-refractivity contribution in [2.75, 3.05) is 0 Å².